The summed E-state index contributed by atoms with van der Waals surface area (Å²) in [5.41, 5.74) is 2.58. The number of phenols is 1. The predicted octanol–water partition coefficient (Wildman–Crippen LogP) is 4.58. The summed E-state index contributed by atoms with van der Waals surface area (Å²) in [6.45, 7) is 2.39. The Kier molecular flexibility index (Phi) is 5.91. The van der Waals surface area contributed by atoms with Crippen LogP contribution in [0.25, 0.3) is 21.9 Å². The second kappa shape index (κ2) is 8.37. The molecule has 0 amide bonds. The maximum Gasteiger partial charge on any atom is 0.238 e. The fourth-order valence-corrected chi connectivity index (χ4v) is 3.75. The third kappa shape index (κ3) is 4.29. The van der Waals surface area contributed by atoms with Crippen LogP contribution in [0.5, 0.6) is 5.75 Å². The van der Waals surface area contributed by atoms with Gasteiger partial charge in [-0.15, -0.1) is 0 Å². The van der Waals surface area contributed by atoms with Crippen LogP contribution in [0, 0.1) is 12.0 Å². The molecule has 0 atom stereocenters. The Morgan fingerprint density at radius 3 is 2.32 bits per heavy atom. The Hall–Kier alpha value is -2.97. The molecule has 0 aliphatic carbocycles. The average Bonchev–Trinajstić information content (AvgIpc) is 2.68. The lowest BCUT2D eigenvalue weighted by Gasteiger charge is -2.14. The lowest BCUT2D eigenvalue weighted by Crippen LogP contribution is -2.26. The number of aromatic hydroxyl groups is 1. The molecule has 0 unspecified atom stereocenters. The highest BCUT2D eigenvalue weighted by Crippen LogP contribution is 2.35. The summed E-state index contributed by atoms with van der Waals surface area (Å²) in [5, 5.41) is 11.8. The number of sulfonamides is 1. The van der Waals surface area contributed by atoms with E-state index >= 15 is 0 Å². The molecule has 0 aliphatic heterocycles. The van der Waals surface area contributed by atoms with E-state index < -0.39 is 10.0 Å². The van der Waals surface area contributed by atoms with Crippen LogP contribution in [0.3, 0.4) is 0 Å². The van der Waals surface area contributed by atoms with Crippen LogP contribution in [0.4, 0.5) is 0 Å². The molecule has 0 spiro atoms. The van der Waals surface area contributed by atoms with E-state index in [2.05, 4.69) is 12.0 Å². The summed E-state index contributed by atoms with van der Waals surface area (Å²) in [5.74, 6) is 3.27. The van der Waals surface area contributed by atoms with E-state index in [1.165, 1.54) is 10.6 Å². The summed E-state index contributed by atoms with van der Waals surface area (Å²) < 4.78 is 25.3. The molecular weight excluding hydrogens is 370 g/mol. The number of nitrogens with zero attached hydrogens (tertiary/aromatic N) is 1. The first-order valence-electron chi connectivity index (χ1n) is 9.21. The van der Waals surface area contributed by atoms with Crippen molar-refractivity contribution in [2.24, 2.45) is 0 Å². The molecule has 5 heteroatoms. The van der Waals surface area contributed by atoms with E-state index in [4.69, 9.17) is 0 Å². The van der Waals surface area contributed by atoms with Gasteiger partial charge in [0.25, 0.3) is 0 Å². The van der Waals surface area contributed by atoms with Gasteiger partial charge < -0.3 is 5.11 Å². The summed E-state index contributed by atoms with van der Waals surface area (Å²) in [6.07, 6.45) is 2.83. The normalized spacial score (nSPS) is 11.1. The van der Waals surface area contributed by atoms with Gasteiger partial charge in [-0.3, -0.25) is 0 Å². The summed E-state index contributed by atoms with van der Waals surface area (Å²) in [4.78, 5) is 0. The quantitative estimate of drug-likeness (QED) is 0.510. The van der Waals surface area contributed by atoms with Crippen molar-refractivity contribution in [3.8, 4) is 28.8 Å². The minimum Gasteiger partial charge on any atom is -0.507 e. The number of fused-ring (bicyclic) bond motifs is 1. The minimum atomic E-state index is -3.40. The second-order valence-electron chi connectivity index (χ2n) is 6.65. The largest absolute Gasteiger partial charge is 0.507 e. The van der Waals surface area contributed by atoms with E-state index in [0.29, 0.717) is 6.54 Å². The topological polar surface area (TPSA) is 57.6 Å². The molecule has 144 valence electrons. The Balaban J connectivity index is 2.11. The van der Waals surface area contributed by atoms with Gasteiger partial charge >= 0.3 is 0 Å². The number of unbranched alkanes of at least 4 members (excludes halogenated alkanes) is 1. The fraction of sp³-hybridized carbons (Fsp3) is 0.217. The predicted molar refractivity (Wildman–Crippen MR) is 114 cm³/mol. The Morgan fingerprint density at radius 2 is 1.61 bits per heavy atom. The van der Waals surface area contributed by atoms with Gasteiger partial charge in [0.15, 0.2) is 0 Å². The van der Waals surface area contributed by atoms with Crippen LogP contribution in [0.15, 0.2) is 60.7 Å². The molecule has 0 heterocycles. The zero-order chi connectivity index (χ0) is 20.1. The monoisotopic (exact) mass is 393 g/mol. The van der Waals surface area contributed by atoms with Crippen LogP contribution >= 0.6 is 0 Å². The van der Waals surface area contributed by atoms with Crippen molar-refractivity contribution in [3.63, 3.8) is 0 Å². The molecule has 3 rings (SSSR count). The van der Waals surface area contributed by atoms with Crippen LogP contribution in [-0.4, -0.2) is 30.6 Å². The van der Waals surface area contributed by atoms with Crippen molar-refractivity contribution in [3.05, 3.63) is 66.2 Å². The SMILES string of the molecule is CCCCN(C#Cc1ccccc1-c1ccc(O)c2ccccc12)S(C)(=O)=O. The van der Waals surface area contributed by atoms with E-state index in [1.807, 2.05) is 61.5 Å². The fourth-order valence-electron chi connectivity index (χ4n) is 3.07. The number of benzene rings is 3. The van der Waals surface area contributed by atoms with Crippen LogP contribution < -0.4 is 0 Å². The van der Waals surface area contributed by atoms with Crippen molar-refractivity contribution in [1.82, 2.24) is 4.31 Å². The molecule has 0 bridgehead atoms. The average molecular weight is 394 g/mol. The highest BCUT2D eigenvalue weighted by molar-refractivity contribution is 7.88. The number of hydrogen-bond donors (Lipinski definition) is 1. The van der Waals surface area contributed by atoms with Gasteiger partial charge in [-0.25, -0.2) is 12.7 Å². The molecule has 1 N–H and O–H groups in total. The van der Waals surface area contributed by atoms with Gasteiger partial charge in [0, 0.05) is 23.5 Å². The number of rotatable bonds is 5. The van der Waals surface area contributed by atoms with Crippen LogP contribution in [0.2, 0.25) is 0 Å². The highest BCUT2D eigenvalue weighted by atomic mass is 32.2. The van der Waals surface area contributed by atoms with Gasteiger partial charge in [-0.1, -0.05) is 61.9 Å². The van der Waals surface area contributed by atoms with E-state index in [-0.39, 0.29) is 5.75 Å². The Labute approximate surface area is 166 Å². The van der Waals surface area contributed by atoms with E-state index in [9.17, 15) is 13.5 Å². The molecule has 3 aromatic rings. The summed E-state index contributed by atoms with van der Waals surface area (Å²) >= 11 is 0. The molecule has 4 nitrogen and oxygen atoms in total. The molecule has 0 radical (unpaired) electrons. The summed E-state index contributed by atoms with van der Waals surface area (Å²) in [7, 11) is -3.40. The standard InChI is InChI=1S/C23H23NO3S/c1-3-4-16-24(28(2,26)27)17-15-18-9-5-6-10-19(18)21-13-14-23(25)22-12-8-7-11-20(21)22/h5-14,25H,3-4,16H2,1-2H3. The maximum absolute atomic E-state index is 12.0. The highest BCUT2D eigenvalue weighted by Gasteiger charge is 2.13. The molecule has 3 aromatic carbocycles. The lowest BCUT2D eigenvalue weighted by molar-refractivity contribution is 0.481. The molecule has 0 fully saturated rings. The van der Waals surface area contributed by atoms with Crippen molar-refractivity contribution in [2.75, 3.05) is 12.8 Å². The van der Waals surface area contributed by atoms with Gasteiger partial charge in [0.1, 0.15) is 5.75 Å². The third-order valence-electron chi connectivity index (χ3n) is 4.55. The maximum atomic E-state index is 12.0. The first-order valence-corrected chi connectivity index (χ1v) is 11.1. The molecular formula is C23H23NO3S. The van der Waals surface area contributed by atoms with Crippen LogP contribution in [0.1, 0.15) is 25.3 Å². The van der Waals surface area contributed by atoms with Crippen molar-refractivity contribution >= 4 is 20.8 Å². The van der Waals surface area contributed by atoms with Gasteiger partial charge in [0.05, 0.1) is 6.26 Å². The van der Waals surface area contributed by atoms with Crippen molar-refractivity contribution < 1.29 is 13.5 Å². The van der Waals surface area contributed by atoms with Gasteiger partial charge in [-0.2, -0.15) is 0 Å². The third-order valence-corrected chi connectivity index (χ3v) is 5.62. The van der Waals surface area contributed by atoms with E-state index in [0.717, 1.165) is 40.3 Å². The molecule has 0 aliphatic rings. The Bertz CT molecular complexity index is 1160. The first-order chi connectivity index (χ1) is 13.4. The summed E-state index contributed by atoms with van der Waals surface area (Å²) in [6, 6.07) is 21.6. The molecule has 28 heavy (non-hydrogen) atoms. The second-order valence-corrected chi connectivity index (χ2v) is 8.56. The van der Waals surface area contributed by atoms with Gasteiger partial charge in [0.2, 0.25) is 10.0 Å². The number of hydrogen-bond acceptors (Lipinski definition) is 3. The zero-order valence-corrected chi connectivity index (χ0v) is 16.8. The minimum absolute atomic E-state index is 0.228. The van der Waals surface area contributed by atoms with E-state index in [1.54, 1.807) is 6.07 Å². The smallest absolute Gasteiger partial charge is 0.238 e. The molecule has 0 saturated carbocycles. The van der Waals surface area contributed by atoms with Crippen molar-refractivity contribution in [1.29, 1.82) is 0 Å². The molecule has 0 saturated heterocycles. The first kappa shape index (κ1) is 19.8. The van der Waals surface area contributed by atoms with Gasteiger partial charge in [-0.05, 0) is 41.0 Å². The Morgan fingerprint density at radius 1 is 0.929 bits per heavy atom. The number of phenolic OH excluding ortho intramolecular Hbond substituents is 1. The zero-order valence-electron chi connectivity index (χ0n) is 16.0. The molecule has 0 aromatic heterocycles. The van der Waals surface area contributed by atoms with Crippen LogP contribution in [-0.2, 0) is 10.0 Å². The lowest BCUT2D eigenvalue weighted by atomic mass is 9.94. The van der Waals surface area contributed by atoms with Crippen molar-refractivity contribution in [2.45, 2.75) is 19.8 Å².